The molecule has 1 saturated heterocycles. The predicted octanol–water partition coefficient (Wildman–Crippen LogP) is 2.73. The first-order valence-corrected chi connectivity index (χ1v) is 8.73. The first-order chi connectivity index (χ1) is 12.5. The Morgan fingerprint density at radius 3 is 2.38 bits per heavy atom. The number of carbonyl (C=O) groups excluding carboxylic acids is 1. The summed E-state index contributed by atoms with van der Waals surface area (Å²) in [5, 5.41) is 11.7. The van der Waals surface area contributed by atoms with Crippen LogP contribution in [0.5, 0.6) is 11.5 Å². The van der Waals surface area contributed by atoms with E-state index >= 15 is 0 Å². The highest BCUT2D eigenvalue weighted by atomic mass is 16.5. The molecule has 1 N–H and O–H groups in total. The number of Topliss-reactive ketones (excluding diaryl/α,β-unsaturated/α-hetero) is 1. The van der Waals surface area contributed by atoms with E-state index in [1.54, 1.807) is 26.4 Å². The fourth-order valence-electron chi connectivity index (χ4n) is 3.75. The van der Waals surface area contributed by atoms with E-state index in [4.69, 9.17) is 9.47 Å². The van der Waals surface area contributed by atoms with E-state index in [9.17, 15) is 9.90 Å². The molecule has 2 aromatic rings. The van der Waals surface area contributed by atoms with Crippen LogP contribution in [0, 0.1) is 5.92 Å². The van der Waals surface area contributed by atoms with Crippen LogP contribution in [0.3, 0.4) is 0 Å². The Labute approximate surface area is 154 Å². The summed E-state index contributed by atoms with van der Waals surface area (Å²) in [5.74, 6) is 0.377. The minimum absolute atomic E-state index is 0.123. The highest BCUT2D eigenvalue weighted by Gasteiger charge is 2.48. The molecule has 1 aliphatic heterocycles. The van der Waals surface area contributed by atoms with Crippen LogP contribution in [0.1, 0.15) is 22.3 Å². The predicted molar refractivity (Wildman–Crippen MR) is 99.8 cm³/mol. The molecular weight excluding hydrogens is 330 g/mol. The topological polar surface area (TPSA) is 59.0 Å². The van der Waals surface area contributed by atoms with Crippen molar-refractivity contribution in [1.82, 2.24) is 4.90 Å². The van der Waals surface area contributed by atoms with Crippen molar-refractivity contribution in [2.24, 2.45) is 5.92 Å². The van der Waals surface area contributed by atoms with Crippen LogP contribution in [0.25, 0.3) is 0 Å². The van der Waals surface area contributed by atoms with Crippen LogP contribution in [-0.2, 0) is 5.60 Å². The van der Waals surface area contributed by atoms with Crippen molar-refractivity contribution in [3.05, 3.63) is 59.7 Å². The zero-order chi connectivity index (χ0) is 18.7. The molecule has 3 rings (SSSR count). The third-order valence-corrected chi connectivity index (χ3v) is 5.21. The summed E-state index contributed by atoms with van der Waals surface area (Å²) in [7, 11) is 5.09. The minimum atomic E-state index is -1.29. The number of hydrogen-bond acceptors (Lipinski definition) is 5. The van der Waals surface area contributed by atoms with Gasteiger partial charge in [-0.05, 0) is 31.7 Å². The van der Waals surface area contributed by atoms with Crippen molar-refractivity contribution in [2.75, 3.05) is 34.4 Å². The Bertz CT molecular complexity index is 791. The van der Waals surface area contributed by atoms with Crippen LogP contribution in [0.15, 0.2) is 48.5 Å². The van der Waals surface area contributed by atoms with Crippen molar-refractivity contribution in [2.45, 2.75) is 12.0 Å². The van der Waals surface area contributed by atoms with Gasteiger partial charge in [0.2, 0.25) is 0 Å². The first kappa shape index (κ1) is 18.4. The maximum Gasteiger partial charge on any atom is 0.174 e. The number of nitrogens with zero attached hydrogens (tertiary/aromatic N) is 1. The van der Waals surface area contributed by atoms with Gasteiger partial charge >= 0.3 is 0 Å². The molecule has 1 heterocycles. The standard InChI is InChI=1S/C21H25NO4/c1-22-13-12-21(24,16-9-5-7-11-19(16)26-3)17(14-22)20(23)15-8-4-6-10-18(15)25-2/h4-11,17,24H,12-14H2,1-3H3/t17-,21+/m0/s1. The molecule has 5 heteroatoms. The van der Waals surface area contributed by atoms with Gasteiger partial charge < -0.3 is 19.5 Å². The maximum absolute atomic E-state index is 13.4. The molecule has 2 atom stereocenters. The molecule has 2 aromatic carbocycles. The number of piperidine rings is 1. The van der Waals surface area contributed by atoms with Crippen molar-refractivity contribution < 1.29 is 19.4 Å². The first-order valence-electron chi connectivity index (χ1n) is 8.73. The summed E-state index contributed by atoms with van der Waals surface area (Å²) in [6.07, 6.45) is 0.454. The second-order valence-electron chi connectivity index (χ2n) is 6.75. The van der Waals surface area contributed by atoms with E-state index in [0.717, 1.165) is 0 Å². The van der Waals surface area contributed by atoms with Crippen molar-refractivity contribution >= 4 is 5.78 Å². The average molecular weight is 355 g/mol. The molecule has 0 saturated carbocycles. The zero-order valence-electron chi connectivity index (χ0n) is 15.4. The summed E-state index contributed by atoms with van der Waals surface area (Å²) in [6.45, 7) is 1.16. The molecule has 0 radical (unpaired) electrons. The number of benzene rings is 2. The van der Waals surface area contributed by atoms with Gasteiger partial charge in [-0.1, -0.05) is 30.3 Å². The number of para-hydroxylation sites is 2. The fourth-order valence-corrected chi connectivity index (χ4v) is 3.75. The minimum Gasteiger partial charge on any atom is -0.496 e. The number of carbonyl (C=O) groups is 1. The van der Waals surface area contributed by atoms with Crippen molar-refractivity contribution in [1.29, 1.82) is 0 Å². The number of aliphatic hydroxyl groups is 1. The summed E-state index contributed by atoms with van der Waals surface area (Å²) in [4.78, 5) is 15.5. The average Bonchev–Trinajstić information content (AvgIpc) is 2.69. The van der Waals surface area contributed by atoms with Crippen LogP contribution in [0.2, 0.25) is 0 Å². The van der Waals surface area contributed by atoms with Gasteiger partial charge in [-0.25, -0.2) is 0 Å². The Morgan fingerprint density at radius 1 is 1.08 bits per heavy atom. The van der Waals surface area contributed by atoms with Crippen LogP contribution >= 0.6 is 0 Å². The smallest absolute Gasteiger partial charge is 0.174 e. The maximum atomic E-state index is 13.4. The normalized spacial score (nSPS) is 23.5. The fraction of sp³-hybridized carbons (Fsp3) is 0.381. The van der Waals surface area contributed by atoms with Gasteiger partial charge in [-0.2, -0.15) is 0 Å². The van der Waals surface area contributed by atoms with Gasteiger partial charge in [0, 0.05) is 18.7 Å². The van der Waals surface area contributed by atoms with Gasteiger partial charge in [-0.3, -0.25) is 4.79 Å². The largest absolute Gasteiger partial charge is 0.496 e. The number of methoxy groups -OCH3 is 2. The summed E-state index contributed by atoms with van der Waals surface area (Å²) < 4.78 is 10.8. The molecule has 0 spiro atoms. The molecule has 1 aliphatic rings. The van der Waals surface area contributed by atoms with E-state index in [1.165, 1.54) is 0 Å². The lowest BCUT2D eigenvalue weighted by Crippen LogP contribution is -2.52. The summed E-state index contributed by atoms with van der Waals surface area (Å²) in [6, 6.07) is 14.5. The van der Waals surface area contributed by atoms with Crippen LogP contribution in [-0.4, -0.2) is 50.1 Å². The van der Waals surface area contributed by atoms with Gasteiger partial charge in [0.15, 0.2) is 5.78 Å². The third-order valence-electron chi connectivity index (χ3n) is 5.21. The van der Waals surface area contributed by atoms with Crippen molar-refractivity contribution in [3.8, 4) is 11.5 Å². The van der Waals surface area contributed by atoms with E-state index in [0.29, 0.717) is 42.1 Å². The van der Waals surface area contributed by atoms with Crippen molar-refractivity contribution in [3.63, 3.8) is 0 Å². The summed E-state index contributed by atoms with van der Waals surface area (Å²) in [5.41, 5.74) is -0.149. The lowest BCUT2D eigenvalue weighted by Gasteiger charge is -2.43. The van der Waals surface area contributed by atoms with Gasteiger partial charge in [-0.15, -0.1) is 0 Å². The number of rotatable bonds is 5. The SMILES string of the molecule is COc1ccccc1C(=O)[C@@H]1CN(C)CC[C@@]1(O)c1ccccc1OC. The molecule has 5 nitrogen and oxygen atoms in total. The second-order valence-corrected chi connectivity index (χ2v) is 6.75. The quantitative estimate of drug-likeness (QED) is 0.836. The highest BCUT2D eigenvalue weighted by molar-refractivity contribution is 6.01. The Balaban J connectivity index is 2.08. The van der Waals surface area contributed by atoms with E-state index in [-0.39, 0.29) is 5.78 Å². The monoisotopic (exact) mass is 355 g/mol. The molecule has 138 valence electrons. The highest BCUT2D eigenvalue weighted by Crippen LogP contribution is 2.43. The molecule has 0 unspecified atom stereocenters. The lowest BCUT2D eigenvalue weighted by molar-refractivity contribution is -0.0606. The molecule has 0 amide bonds. The molecule has 0 aliphatic carbocycles. The van der Waals surface area contributed by atoms with E-state index < -0.39 is 11.5 Å². The number of likely N-dealkylation sites (tertiary alicyclic amines) is 1. The summed E-state index contributed by atoms with van der Waals surface area (Å²) >= 11 is 0. The molecule has 26 heavy (non-hydrogen) atoms. The Kier molecular flexibility index (Phi) is 5.30. The Hall–Kier alpha value is -2.37. The third kappa shape index (κ3) is 3.20. The zero-order valence-corrected chi connectivity index (χ0v) is 15.4. The van der Waals surface area contributed by atoms with Gasteiger partial charge in [0.05, 0.1) is 25.7 Å². The number of ether oxygens (including phenoxy) is 2. The van der Waals surface area contributed by atoms with Crippen LogP contribution in [0.4, 0.5) is 0 Å². The molecule has 1 fully saturated rings. The number of hydrogen-bond donors (Lipinski definition) is 1. The second kappa shape index (κ2) is 7.48. The van der Waals surface area contributed by atoms with Gasteiger partial charge in [0.1, 0.15) is 17.1 Å². The van der Waals surface area contributed by atoms with Gasteiger partial charge in [0.25, 0.3) is 0 Å². The Morgan fingerprint density at radius 2 is 1.69 bits per heavy atom. The number of ketones is 1. The van der Waals surface area contributed by atoms with E-state index in [2.05, 4.69) is 4.90 Å². The molecule has 0 aromatic heterocycles. The van der Waals surface area contributed by atoms with Crippen LogP contribution < -0.4 is 9.47 Å². The molecule has 0 bridgehead atoms. The van der Waals surface area contributed by atoms with E-state index in [1.807, 2.05) is 43.4 Å². The lowest BCUT2D eigenvalue weighted by atomic mass is 9.72. The molecular formula is C21H25NO4.